The van der Waals surface area contributed by atoms with Gasteiger partial charge in [0, 0.05) is 11.3 Å². The molecule has 8 nitrogen and oxygen atoms in total. The minimum atomic E-state index is -0.374. The van der Waals surface area contributed by atoms with Crippen LogP contribution in [0, 0.1) is 13.8 Å². The molecule has 0 bridgehead atoms. The average molecular weight is 553 g/mol. The van der Waals surface area contributed by atoms with Gasteiger partial charge in [-0.25, -0.2) is 19.5 Å². The fourth-order valence-corrected chi connectivity index (χ4v) is 5.64. The molecular weight excluding hydrogens is 524 g/mol. The van der Waals surface area contributed by atoms with Crippen molar-refractivity contribution >= 4 is 40.5 Å². The Kier molecular flexibility index (Phi) is 6.16. The van der Waals surface area contributed by atoms with Crippen molar-refractivity contribution in [1.82, 2.24) is 9.78 Å². The monoisotopic (exact) mass is 552 g/mol. The topological polar surface area (TPSA) is 84.1 Å². The Morgan fingerprint density at radius 1 is 0.857 bits per heavy atom. The number of amidine groups is 2. The van der Waals surface area contributed by atoms with Crippen LogP contribution in [0.3, 0.4) is 0 Å². The Morgan fingerprint density at radius 2 is 1.62 bits per heavy atom. The molecule has 1 N–H and O–H groups in total. The van der Waals surface area contributed by atoms with Gasteiger partial charge in [0.2, 0.25) is 0 Å². The van der Waals surface area contributed by atoms with E-state index in [9.17, 15) is 4.79 Å². The van der Waals surface area contributed by atoms with E-state index >= 15 is 0 Å². The van der Waals surface area contributed by atoms with Crippen molar-refractivity contribution in [2.24, 2.45) is 9.98 Å². The fraction of sp³-hybridized carbons (Fsp3) is 0.118. The lowest BCUT2D eigenvalue weighted by Gasteiger charge is -2.40. The van der Waals surface area contributed by atoms with Gasteiger partial charge in [-0.1, -0.05) is 54.6 Å². The summed E-state index contributed by atoms with van der Waals surface area (Å²) < 4.78 is 6.85. The number of hydrogen-bond acceptors (Lipinski definition) is 7. The van der Waals surface area contributed by atoms with Crippen molar-refractivity contribution in [3.05, 3.63) is 131 Å². The highest BCUT2D eigenvalue weighted by molar-refractivity contribution is 6.51. The first-order valence-corrected chi connectivity index (χ1v) is 13.7. The van der Waals surface area contributed by atoms with Gasteiger partial charge in [-0.3, -0.25) is 0 Å². The van der Waals surface area contributed by atoms with Gasteiger partial charge in [-0.15, -0.1) is 0 Å². The maximum Gasteiger partial charge on any atom is 0.337 e. The number of methoxy groups -OCH3 is 1. The molecule has 4 aromatic carbocycles. The van der Waals surface area contributed by atoms with E-state index in [1.807, 2.05) is 84.4 Å². The molecule has 8 heteroatoms. The Morgan fingerprint density at radius 3 is 2.38 bits per heavy atom. The zero-order valence-electron chi connectivity index (χ0n) is 23.4. The summed E-state index contributed by atoms with van der Waals surface area (Å²) in [6, 6.07) is 33.6. The minimum absolute atomic E-state index is 0.289. The van der Waals surface area contributed by atoms with Gasteiger partial charge in [-0.2, -0.15) is 5.10 Å². The molecule has 0 fully saturated rings. The van der Waals surface area contributed by atoms with Crippen molar-refractivity contribution in [3.63, 3.8) is 0 Å². The maximum absolute atomic E-state index is 12.3. The number of hydrogen-bond donors (Lipinski definition) is 1. The number of carbonyl (C=O) groups is 1. The predicted molar refractivity (Wildman–Crippen MR) is 166 cm³/mol. The first kappa shape index (κ1) is 25.5. The van der Waals surface area contributed by atoms with E-state index < -0.39 is 0 Å². The summed E-state index contributed by atoms with van der Waals surface area (Å²) >= 11 is 0. The van der Waals surface area contributed by atoms with E-state index in [2.05, 4.69) is 35.3 Å². The summed E-state index contributed by atoms with van der Waals surface area (Å²) in [6.45, 7) is 4.08. The summed E-state index contributed by atoms with van der Waals surface area (Å²) in [4.78, 5) is 24.8. The van der Waals surface area contributed by atoms with Gasteiger partial charge >= 0.3 is 5.97 Å². The van der Waals surface area contributed by atoms with Crippen LogP contribution in [0.25, 0.3) is 5.69 Å². The fourth-order valence-electron chi connectivity index (χ4n) is 5.64. The van der Waals surface area contributed by atoms with Crippen LogP contribution in [0.1, 0.15) is 38.8 Å². The lowest BCUT2D eigenvalue weighted by Crippen LogP contribution is -2.46. The molecule has 2 aliphatic heterocycles. The van der Waals surface area contributed by atoms with Crippen LogP contribution < -0.4 is 10.2 Å². The molecule has 1 atom stereocenters. The highest BCUT2D eigenvalue weighted by atomic mass is 16.5. The molecule has 1 unspecified atom stereocenters. The van der Waals surface area contributed by atoms with Gasteiger partial charge in [0.15, 0.2) is 17.5 Å². The van der Waals surface area contributed by atoms with Crippen LogP contribution >= 0.6 is 0 Å². The van der Waals surface area contributed by atoms with Crippen LogP contribution in [0.15, 0.2) is 113 Å². The van der Waals surface area contributed by atoms with E-state index in [-0.39, 0.29) is 12.0 Å². The number of nitrogens with one attached hydrogen (secondary N) is 1. The van der Waals surface area contributed by atoms with E-state index in [0.29, 0.717) is 17.2 Å². The molecule has 5 aromatic rings. The molecule has 3 heterocycles. The number of para-hydroxylation sites is 3. The maximum atomic E-state index is 12.3. The lowest BCUT2D eigenvalue weighted by molar-refractivity contribution is 0.0600. The SMILES string of the molecule is COC(=O)c1ccc(C2c3c(C)nn(-c4ccccc4)c3N=C3C(Nc4cccc(C)c4)=Nc4ccccc4N32)cc1. The molecular formula is C34H28N6O2. The predicted octanol–water partition coefficient (Wildman–Crippen LogP) is 7.07. The molecule has 0 saturated heterocycles. The van der Waals surface area contributed by atoms with Crippen LogP contribution in [0.2, 0.25) is 0 Å². The number of rotatable bonds is 4. The molecule has 0 saturated carbocycles. The van der Waals surface area contributed by atoms with Crippen LogP contribution in [-0.4, -0.2) is 34.5 Å². The van der Waals surface area contributed by atoms with Crippen LogP contribution in [-0.2, 0) is 4.74 Å². The number of esters is 1. The summed E-state index contributed by atoms with van der Waals surface area (Å²) in [5.74, 6) is 1.69. The molecule has 1 aromatic heterocycles. The van der Waals surface area contributed by atoms with Crippen LogP contribution in [0.4, 0.5) is 22.9 Å². The molecule has 0 radical (unpaired) electrons. The molecule has 7 rings (SSSR count). The Labute approximate surface area is 243 Å². The van der Waals surface area contributed by atoms with Crippen molar-refractivity contribution < 1.29 is 9.53 Å². The molecule has 0 amide bonds. The third-order valence-electron chi connectivity index (χ3n) is 7.57. The number of aliphatic imine (C=N–C) groups is 2. The first-order chi connectivity index (χ1) is 20.5. The third kappa shape index (κ3) is 4.25. The Balaban J connectivity index is 1.47. The summed E-state index contributed by atoms with van der Waals surface area (Å²) in [6.07, 6.45) is 0. The van der Waals surface area contributed by atoms with Crippen molar-refractivity contribution in [2.75, 3.05) is 17.3 Å². The molecule has 0 aliphatic carbocycles. The van der Waals surface area contributed by atoms with Gasteiger partial charge < -0.3 is 15.0 Å². The average Bonchev–Trinajstić information content (AvgIpc) is 3.36. The molecule has 206 valence electrons. The zero-order chi connectivity index (χ0) is 28.8. The number of carbonyl (C=O) groups excluding carboxylic acids is 1. The number of fused-ring (bicyclic) bond motifs is 4. The molecule has 2 aliphatic rings. The number of anilines is 2. The minimum Gasteiger partial charge on any atom is -0.465 e. The van der Waals surface area contributed by atoms with Crippen molar-refractivity contribution in [3.8, 4) is 5.69 Å². The van der Waals surface area contributed by atoms with E-state index in [1.54, 1.807) is 12.1 Å². The second-order valence-electron chi connectivity index (χ2n) is 10.3. The number of benzene rings is 4. The normalized spacial score (nSPS) is 15.1. The van der Waals surface area contributed by atoms with Gasteiger partial charge in [-0.05, 0) is 73.5 Å². The Hall–Kier alpha value is -5.50. The lowest BCUT2D eigenvalue weighted by atomic mass is 9.92. The molecule has 0 spiro atoms. The quantitative estimate of drug-likeness (QED) is 0.241. The smallest absolute Gasteiger partial charge is 0.337 e. The number of nitrogens with zero attached hydrogens (tertiary/aromatic N) is 5. The van der Waals surface area contributed by atoms with Crippen LogP contribution in [0.5, 0.6) is 0 Å². The van der Waals surface area contributed by atoms with Crippen molar-refractivity contribution in [1.29, 1.82) is 0 Å². The third-order valence-corrected chi connectivity index (χ3v) is 7.57. The van der Waals surface area contributed by atoms with Gasteiger partial charge in [0.05, 0.1) is 41.5 Å². The van der Waals surface area contributed by atoms with Crippen molar-refractivity contribution in [2.45, 2.75) is 19.9 Å². The zero-order valence-corrected chi connectivity index (χ0v) is 23.4. The first-order valence-electron chi connectivity index (χ1n) is 13.7. The summed E-state index contributed by atoms with van der Waals surface area (Å²) in [7, 11) is 1.39. The van der Waals surface area contributed by atoms with E-state index in [1.165, 1.54) is 7.11 Å². The number of aromatic nitrogens is 2. The summed E-state index contributed by atoms with van der Waals surface area (Å²) in [5.41, 5.74) is 8.08. The highest BCUT2D eigenvalue weighted by Gasteiger charge is 2.41. The number of aryl methyl sites for hydroxylation is 2. The standard InChI is InChI=1S/C34H28N6O2/c1-21-10-9-11-25(20-21)35-31-33-37-32-29(22(2)38-40(32)26-12-5-4-6-13-26)30(23-16-18-24(19-17-23)34(41)42-3)39(33)28-15-8-7-14-27(28)36-31/h4-20,30H,1-3H3,(H,35,36). The second-order valence-corrected chi connectivity index (χ2v) is 10.3. The number of ether oxygens (including phenoxy) is 1. The van der Waals surface area contributed by atoms with E-state index in [4.69, 9.17) is 19.8 Å². The van der Waals surface area contributed by atoms with Gasteiger partial charge in [0.1, 0.15) is 0 Å². The molecule has 42 heavy (non-hydrogen) atoms. The van der Waals surface area contributed by atoms with Gasteiger partial charge in [0.25, 0.3) is 0 Å². The Bertz CT molecular complexity index is 1890. The second kappa shape index (κ2) is 10.2. The van der Waals surface area contributed by atoms with E-state index in [0.717, 1.165) is 51.0 Å². The largest absolute Gasteiger partial charge is 0.465 e. The summed E-state index contributed by atoms with van der Waals surface area (Å²) in [5, 5.41) is 8.53. The highest BCUT2D eigenvalue weighted by Crippen LogP contribution is 2.48.